The summed E-state index contributed by atoms with van der Waals surface area (Å²) in [5.74, 6) is 1.11. The molecule has 0 bridgehead atoms. The lowest BCUT2D eigenvalue weighted by molar-refractivity contribution is 0.239. The predicted molar refractivity (Wildman–Crippen MR) is 129 cm³/mol. The van der Waals surface area contributed by atoms with Gasteiger partial charge in [-0.3, -0.25) is 0 Å². The molecule has 1 aromatic carbocycles. The highest BCUT2D eigenvalue weighted by molar-refractivity contribution is 5.69. The molecule has 1 N–H and O–H groups in total. The summed E-state index contributed by atoms with van der Waals surface area (Å²) in [5, 5.41) is 3.44. The molecule has 3 nitrogen and oxygen atoms in total. The SMILES string of the molecule is CCC1(CC)CCC(CC)(CC)c2cc(-c3ccnc(N4CCNCC4)c3)ccc21. The molecule has 0 saturated carbocycles. The van der Waals surface area contributed by atoms with E-state index in [0.717, 1.165) is 32.0 Å². The van der Waals surface area contributed by atoms with Crippen LogP contribution in [0.25, 0.3) is 11.1 Å². The molecule has 1 aromatic heterocycles. The molecule has 0 atom stereocenters. The molecule has 1 fully saturated rings. The third-order valence-electron chi connectivity index (χ3n) is 8.47. The Morgan fingerprint density at radius 2 is 1.40 bits per heavy atom. The van der Waals surface area contributed by atoms with Crippen molar-refractivity contribution >= 4 is 5.82 Å². The van der Waals surface area contributed by atoms with Gasteiger partial charge in [-0.25, -0.2) is 4.98 Å². The first-order valence-corrected chi connectivity index (χ1v) is 12.2. The maximum absolute atomic E-state index is 4.68. The quantitative estimate of drug-likeness (QED) is 0.632. The van der Waals surface area contributed by atoms with Crippen molar-refractivity contribution in [3.8, 4) is 11.1 Å². The summed E-state index contributed by atoms with van der Waals surface area (Å²) in [4.78, 5) is 7.09. The third kappa shape index (κ3) is 3.56. The van der Waals surface area contributed by atoms with E-state index >= 15 is 0 Å². The maximum Gasteiger partial charge on any atom is 0.129 e. The molecule has 2 aromatic rings. The van der Waals surface area contributed by atoms with Gasteiger partial charge in [0.25, 0.3) is 0 Å². The van der Waals surface area contributed by atoms with E-state index < -0.39 is 0 Å². The average molecular weight is 406 g/mol. The molecule has 30 heavy (non-hydrogen) atoms. The molecule has 2 heterocycles. The molecular formula is C27H39N3. The van der Waals surface area contributed by atoms with E-state index in [0.29, 0.717) is 10.8 Å². The van der Waals surface area contributed by atoms with Gasteiger partial charge < -0.3 is 10.2 Å². The Hall–Kier alpha value is -1.87. The minimum Gasteiger partial charge on any atom is -0.354 e. The second-order valence-corrected chi connectivity index (χ2v) is 9.38. The summed E-state index contributed by atoms with van der Waals surface area (Å²) in [5.41, 5.74) is 6.58. The summed E-state index contributed by atoms with van der Waals surface area (Å²) >= 11 is 0. The van der Waals surface area contributed by atoms with Crippen LogP contribution in [0.5, 0.6) is 0 Å². The molecule has 0 radical (unpaired) electrons. The first-order valence-electron chi connectivity index (χ1n) is 12.2. The molecule has 3 heteroatoms. The molecule has 1 aliphatic heterocycles. The zero-order chi connectivity index (χ0) is 21.2. The number of piperazine rings is 1. The number of nitrogens with zero attached hydrogens (tertiary/aromatic N) is 2. The third-order valence-corrected chi connectivity index (χ3v) is 8.47. The van der Waals surface area contributed by atoms with E-state index in [1.807, 2.05) is 6.20 Å². The fraction of sp³-hybridized carbons (Fsp3) is 0.593. The Balaban J connectivity index is 1.78. The molecule has 0 unspecified atom stereocenters. The zero-order valence-corrected chi connectivity index (χ0v) is 19.4. The van der Waals surface area contributed by atoms with Crippen molar-refractivity contribution in [3.05, 3.63) is 47.7 Å². The van der Waals surface area contributed by atoms with Gasteiger partial charge in [0.15, 0.2) is 0 Å². The zero-order valence-electron chi connectivity index (χ0n) is 19.4. The van der Waals surface area contributed by atoms with Crippen LogP contribution >= 0.6 is 0 Å². The van der Waals surface area contributed by atoms with Crippen molar-refractivity contribution < 1.29 is 0 Å². The van der Waals surface area contributed by atoms with Crippen molar-refractivity contribution in [1.29, 1.82) is 0 Å². The van der Waals surface area contributed by atoms with Crippen LogP contribution in [0.2, 0.25) is 0 Å². The number of hydrogen-bond acceptors (Lipinski definition) is 3. The Morgan fingerprint density at radius 3 is 2.03 bits per heavy atom. The maximum atomic E-state index is 4.68. The Morgan fingerprint density at radius 1 is 0.800 bits per heavy atom. The van der Waals surface area contributed by atoms with Crippen LogP contribution in [0.4, 0.5) is 5.82 Å². The minimum atomic E-state index is 0.327. The lowest BCUT2D eigenvalue weighted by Crippen LogP contribution is -2.43. The van der Waals surface area contributed by atoms with Gasteiger partial charge in [-0.15, -0.1) is 0 Å². The topological polar surface area (TPSA) is 28.2 Å². The number of benzene rings is 1. The second kappa shape index (κ2) is 8.70. The highest BCUT2D eigenvalue weighted by atomic mass is 15.2. The van der Waals surface area contributed by atoms with Crippen molar-refractivity contribution in [2.45, 2.75) is 77.0 Å². The standard InChI is InChI=1S/C27H39N3/c1-5-26(6-2)12-13-27(7-3,8-4)24-19-21(9-10-23(24)26)22-11-14-29-25(20-22)30-17-15-28-16-18-30/h9-11,14,19-20,28H,5-8,12-13,15-18H2,1-4H3. The normalized spacial score (nSPS) is 20.1. The van der Waals surface area contributed by atoms with Gasteiger partial charge in [-0.2, -0.15) is 0 Å². The molecular weight excluding hydrogens is 366 g/mol. The molecule has 1 saturated heterocycles. The molecule has 2 aliphatic rings. The van der Waals surface area contributed by atoms with Gasteiger partial charge in [0, 0.05) is 32.4 Å². The van der Waals surface area contributed by atoms with Crippen LogP contribution in [0.15, 0.2) is 36.5 Å². The predicted octanol–water partition coefficient (Wildman–Crippen LogP) is 6.07. The van der Waals surface area contributed by atoms with Crippen molar-refractivity contribution in [1.82, 2.24) is 10.3 Å². The number of fused-ring (bicyclic) bond motifs is 1. The van der Waals surface area contributed by atoms with Crippen molar-refractivity contribution in [2.75, 3.05) is 31.1 Å². The Bertz CT molecular complexity index is 858. The number of aromatic nitrogens is 1. The van der Waals surface area contributed by atoms with Crippen LogP contribution < -0.4 is 10.2 Å². The Kier molecular flexibility index (Phi) is 6.20. The number of anilines is 1. The highest BCUT2D eigenvalue weighted by Gasteiger charge is 2.43. The van der Waals surface area contributed by atoms with E-state index in [1.54, 1.807) is 11.1 Å². The molecule has 1 aliphatic carbocycles. The van der Waals surface area contributed by atoms with Gasteiger partial charge in [-0.05, 0) is 83.7 Å². The largest absolute Gasteiger partial charge is 0.354 e. The van der Waals surface area contributed by atoms with Crippen LogP contribution in [0, 0.1) is 0 Å². The van der Waals surface area contributed by atoms with E-state index in [9.17, 15) is 0 Å². The van der Waals surface area contributed by atoms with Gasteiger partial charge in [0.2, 0.25) is 0 Å². The summed E-state index contributed by atoms with van der Waals surface area (Å²) in [7, 11) is 0. The van der Waals surface area contributed by atoms with E-state index in [1.165, 1.54) is 49.7 Å². The fourth-order valence-corrected chi connectivity index (χ4v) is 6.01. The first kappa shape index (κ1) is 21.4. The Labute approximate surface area is 183 Å². The second-order valence-electron chi connectivity index (χ2n) is 9.38. The monoisotopic (exact) mass is 405 g/mol. The minimum absolute atomic E-state index is 0.327. The fourth-order valence-electron chi connectivity index (χ4n) is 6.01. The molecule has 0 spiro atoms. The lowest BCUT2D eigenvalue weighted by Gasteiger charge is -2.48. The molecule has 0 amide bonds. The average Bonchev–Trinajstić information content (AvgIpc) is 2.84. The van der Waals surface area contributed by atoms with Crippen LogP contribution in [0.1, 0.15) is 77.3 Å². The van der Waals surface area contributed by atoms with Gasteiger partial charge >= 0.3 is 0 Å². The van der Waals surface area contributed by atoms with E-state index in [4.69, 9.17) is 0 Å². The van der Waals surface area contributed by atoms with Gasteiger partial charge in [0.1, 0.15) is 5.82 Å². The van der Waals surface area contributed by atoms with E-state index in [-0.39, 0.29) is 0 Å². The molecule has 162 valence electrons. The molecule has 4 rings (SSSR count). The van der Waals surface area contributed by atoms with Crippen molar-refractivity contribution in [2.24, 2.45) is 0 Å². The summed E-state index contributed by atoms with van der Waals surface area (Å²) in [6.45, 7) is 13.7. The van der Waals surface area contributed by atoms with Crippen LogP contribution in [-0.2, 0) is 10.8 Å². The summed E-state index contributed by atoms with van der Waals surface area (Å²) in [6, 6.07) is 11.9. The first-order chi connectivity index (χ1) is 14.6. The van der Waals surface area contributed by atoms with Crippen LogP contribution in [0.3, 0.4) is 0 Å². The summed E-state index contributed by atoms with van der Waals surface area (Å²) < 4.78 is 0. The van der Waals surface area contributed by atoms with E-state index in [2.05, 4.69) is 73.2 Å². The smallest absolute Gasteiger partial charge is 0.129 e. The highest BCUT2D eigenvalue weighted by Crippen LogP contribution is 2.52. The lowest BCUT2D eigenvalue weighted by atomic mass is 9.56. The number of hydrogen-bond donors (Lipinski definition) is 1. The van der Waals surface area contributed by atoms with Crippen molar-refractivity contribution in [3.63, 3.8) is 0 Å². The number of nitrogens with one attached hydrogen (secondary N) is 1. The van der Waals surface area contributed by atoms with Gasteiger partial charge in [-0.1, -0.05) is 45.9 Å². The number of pyridine rings is 1. The van der Waals surface area contributed by atoms with Crippen LogP contribution in [-0.4, -0.2) is 31.2 Å². The van der Waals surface area contributed by atoms with Gasteiger partial charge in [0.05, 0.1) is 0 Å². The summed E-state index contributed by atoms with van der Waals surface area (Å²) in [6.07, 6.45) is 9.57. The number of rotatable bonds is 6.